The highest BCUT2D eigenvalue weighted by molar-refractivity contribution is 7.71. The first-order valence-electron chi connectivity index (χ1n) is 4.77. The van der Waals surface area contributed by atoms with E-state index in [-0.39, 0.29) is 13.2 Å². The van der Waals surface area contributed by atoms with Crippen molar-refractivity contribution in [1.29, 1.82) is 0 Å². The van der Waals surface area contributed by atoms with E-state index in [1.807, 2.05) is 29.8 Å². The van der Waals surface area contributed by atoms with Crippen molar-refractivity contribution in [3.63, 3.8) is 0 Å². The summed E-state index contributed by atoms with van der Waals surface area (Å²) in [4.78, 5) is 0. The summed E-state index contributed by atoms with van der Waals surface area (Å²) >= 11 is 0. The van der Waals surface area contributed by atoms with Crippen molar-refractivity contribution in [2.45, 2.75) is 0 Å². The summed E-state index contributed by atoms with van der Waals surface area (Å²) in [5, 5.41) is 18.7. The fraction of sp³-hybridized carbons (Fsp3) is 0.167. The van der Waals surface area contributed by atoms with Crippen LogP contribution in [0.1, 0.15) is 0 Å². The van der Waals surface area contributed by atoms with Crippen LogP contribution in [0.4, 0.5) is 0 Å². The van der Waals surface area contributed by atoms with Gasteiger partial charge in [0.2, 0.25) is 0 Å². The molecule has 1 aromatic carbocycles. The second-order valence-corrected chi connectivity index (χ2v) is 4.80. The monoisotopic (exact) mass is 222 g/mol. The van der Waals surface area contributed by atoms with Crippen molar-refractivity contribution in [1.82, 2.24) is 0 Å². The van der Waals surface area contributed by atoms with Crippen LogP contribution in [0.5, 0.6) is 0 Å². The summed E-state index contributed by atoms with van der Waals surface area (Å²) in [6.45, 7) is 0.108. The Bertz CT molecular complexity index is 306. The standard InChI is InChI=1S/C12H15O2P/c13-8-4-10-15(11-5-9-14)12-6-2-1-3-7-12/h1-7,10-11,13-14H,8-9H2/b10-4+,11-5+. The molecule has 0 radical (unpaired) electrons. The summed E-state index contributed by atoms with van der Waals surface area (Å²) in [7, 11) is -0.549. The van der Waals surface area contributed by atoms with Gasteiger partial charge in [-0.05, 0) is 13.2 Å². The molecule has 0 amide bonds. The van der Waals surface area contributed by atoms with Crippen LogP contribution in [-0.2, 0) is 0 Å². The summed E-state index contributed by atoms with van der Waals surface area (Å²) < 4.78 is 0. The zero-order valence-electron chi connectivity index (χ0n) is 8.45. The molecule has 0 aromatic heterocycles. The van der Waals surface area contributed by atoms with E-state index < -0.39 is 7.92 Å². The van der Waals surface area contributed by atoms with Crippen LogP contribution < -0.4 is 5.30 Å². The molecule has 0 fully saturated rings. The maximum absolute atomic E-state index is 8.74. The maximum atomic E-state index is 8.74. The first kappa shape index (κ1) is 12.1. The molecular weight excluding hydrogens is 207 g/mol. The molecule has 0 aliphatic rings. The number of aliphatic hydroxyl groups is 2. The Morgan fingerprint density at radius 2 is 1.47 bits per heavy atom. The molecular formula is C12H15O2P. The smallest absolute Gasteiger partial charge is 0.0616 e. The molecule has 0 aliphatic carbocycles. The quantitative estimate of drug-likeness (QED) is 0.746. The molecule has 0 spiro atoms. The molecule has 0 atom stereocenters. The Labute approximate surface area is 91.3 Å². The van der Waals surface area contributed by atoms with Crippen LogP contribution in [0.3, 0.4) is 0 Å². The van der Waals surface area contributed by atoms with Crippen LogP contribution in [0.15, 0.2) is 54.1 Å². The first-order valence-corrected chi connectivity index (χ1v) is 6.25. The third kappa shape index (κ3) is 4.39. The molecule has 2 N–H and O–H groups in total. The molecule has 0 saturated heterocycles. The molecule has 0 unspecified atom stereocenters. The normalized spacial score (nSPS) is 11.9. The molecule has 80 valence electrons. The number of hydrogen-bond donors (Lipinski definition) is 2. The second-order valence-electron chi connectivity index (χ2n) is 2.88. The zero-order valence-corrected chi connectivity index (χ0v) is 9.35. The van der Waals surface area contributed by atoms with Gasteiger partial charge in [0.15, 0.2) is 0 Å². The lowest BCUT2D eigenvalue weighted by molar-refractivity contribution is 0.343. The van der Waals surface area contributed by atoms with Crippen molar-refractivity contribution >= 4 is 13.2 Å². The minimum Gasteiger partial charge on any atom is -0.392 e. The average Bonchev–Trinajstić information content (AvgIpc) is 2.30. The molecule has 0 heterocycles. The Balaban J connectivity index is 2.81. The van der Waals surface area contributed by atoms with Gasteiger partial charge in [-0.1, -0.05) is 54.1 Å². The van der Waals surface area contributed by atoms with Gasteiger partial charge in [-0.3, -0.25) is 0 Å². The van der Waals surface area contributed by atoms with Crippen LogP contribution in [0, 0.1) is 0 Å². The van der Waals surface area contributed by atoms with Crippen LogP contribution in [0.2, 0.25) is 0 Å². The van der Waals surface area contributed by atoms with Gasteiger partial charge in [-0.15, -0.1) is 0 Å². The minimum atomic E-state index is -0.549. The summed E-state index contributed by atoms with van der Waals surface area (Å²) in [6.07, 6.45) is 3.47. The maximum Gasteiger partial charge on any atom is 0.0616 e. The SMILES string of the molecule is OC/C=C/P(/C=C/CO)c1ccccc1. The zero-order chi connectivity index (χ0) is 10.9. The van der Waals surface area contributed by atoms with E-state index in [0.29, 0.717) is 0 Å². The minimum absolute atomic E-state index is 0.0542. The number of benzene rings is 1. The molecule has 0 bridgehead atoms. The molecule has 2 nitrogen and oxygen atoms in total. The lowest BCUT2D eigenvalue weighted by Crippen LogP contribution is -1.95. The van der Waals surface area contributed by atoms with Crippen molar-refractivity contribution in [3.8, 4) is 0 Å². The Kier molecular flexibility index (Phi) is 5.94. The van der Waals surface area contributed by atoms with Crippen molar-refractivity contribution in [2.24, 2.45) is 0 Å². The van der Waals surface area contributed by atoms with Gasteiger partial charge >= 0.3 is 0 Å². The topological polar surface area (TPSA) is 40.5 Å². The summed E-state index contributed by atoms with van der Waals surface area (Å²) in [5.41, 5.74) is 0. The molecule has 1 rings (SSSR count). The van der Waals surface area contributed by atoms with Gasteiger partial charge in [-0.2, -0.15) is 0 Å². The van der Waals surface area contributed by atoms with Gasteiger partial charge < -0.3 is 10.2 Å². The van der Waals surface area contributed by atoms with E-state index in [1.54, 1.807) is 12.2 Å². The summed E-state index contributed by atoms with van der Waals surface area (Å²) in [6, 6.07) is 10.1. The van der Waals surface area contributed by atoms with Gasteiger partial charge in [-0.25, -0.2) is 0 Å². The number of rotatable bonds is 5. The highest BCUT2D eigenvalue weighted by Crippen LogP contribution is 2.37. The van der Waals surface area contributed by atoms with E-state index in [0.717, 1.165) is 0 Å². The molecule has 0 aliphatic heterocycles. The van der Waals surface area contributed by atoms with Crippen LogP contribution >= 0.6 is 7.92 Å². The lowest BCUT2D eigenvalue weighted by Gasteiger charge is -2.08. The van der Waals surface area contributed by atoms with E-state index in [2.05, 4.69) is 12.1 Å². The Morgan fingerprint density at radius 1 is 0.933 bits per heavy atom. The van der Waals surface area contributed by atoms with Gasteiger partial charge in [0.1, 0.15) is 0 Å². The molecule has 3 heteroatoms. The predicted octanol–water partition coefficient (Wildman–Crippen LogP) is 1.81. The van der Waals surface area contributed by atoms with Crippen molar-refractivity contribution in [3.05, 3.63) is 54.1 Å². The van der Waals surface area contributed by atoms with E-state index in [1.165, 1.54) is 5.30 Å². The third-order valence-electron chi connectivity index (χ3n) is 1.80. The fourth-order valence-corrected chi connectivity index (χ4v) is 2.75. The Morgan fingerprint density at radius 3 is 1.93 bits per heavy atom. The fourth-order valence-electron chi connectivity index (χ4n) is 1.14. The van der Waals surface area contributed by atoms with Crippen molar-refractivity contribution < 1.29 is 10.2 Å². The van der Waals surface area contributed by atoms with Crippen LogP contribution in [-0.4, -0.2) is 23.4 Å². The van der Waals surface area contributed by atoms with Gasteiger partial charge in [0.25, 0.3) is 0 Å². The predicted molar refractivity (Wildman–Crippen MR) is 65.4 cm³/mol. The van der Waals surface area contributed by atoms with E-state index in [4.69, 9.17) is 10.2 Å². The van der Waals surface area contributed by atoms with Gasteiger partial charge in [0, 0.05) is 0 Å². The molecule has 0 saturated carbocycles. The van der Waals surface area contributed by atoms with Gasteiger partial charge in [0.05, 0.1) is 13.2 Å². The lowest BCUT2D eigenvalue weighted by atomic mass is 10.4. The number of hydrogen-bond acceptors (Lipinski definition) is 2. The largest absolute Gasteiger partial charge is 0.392 e. The highest BCUT2D eigenvalue weighted by atomic mass is 31.1. The van der Waals surface area contributed by atoms with Crippen molar-refractivity contribution in [2.75, 3.05) is 13.2 Å². The molecule has 1 aromatic rings. The third-order valence-corrected chi connectivity index (χ3v) is 3.76. The van der Waals surface area contributed by atoms with Crippen LogP contribution in [0.25, 0.3) is 0 Å². The average molecular weight is 222 g/mol. The molecule has 15 heavy (non-hydrogen) atoms. The number of aliphatic hydroxyl groups excluding tert-OH is 2. The highest BCUT2D eigenvalue weighted by Gasteiger charge is 2.01. The van der Waals surface area contributed by atoms with E-state index >= 15 is 0 Å². The Hall–Kier alpha value is -0.950. The summed E-state index contributed by atoms with van der Waals surface area (Å²) in [5.74, 6) is 3.97. The van der Waals surface area contributed by atoms with E-state index in [9.17, 15) is 0 Å². The first-order chi connectivity index (χ1) is 7.38. The second kappa shape index (κ2) is 7.36.